The van der Waals surface area contributed by atoms with Gasteiger partial charge in [0.15, 0.2) is 0 Å². The largest absolute Gasteiger partial charge is 0.0812 e. The van der Waals surface area contributed by atoms with Crippen molar-refractivity contribution in [1.29, 1.82) is 0 Å². The summed E-state index contributed by atoms with van der Waals surface area (Å²) in [7, 11) is -0.949. The van der Waals surface area contributed by atoms with E-state index in [0.717, 1.165) is 4.43 Å². The smallest absolute Gasteiger partial charge is 0.0487 e. The molecule has 0 spiro atoms. The molecule has 1 aromatic carbocycles. The van der Waals surface area contributed by atoms with E-state index in [1.807, 2.05) is 0 Å². The fraction of sp³-hybridized carbons (Fsp3) is 0.455. The van der Waals surface area contributed by atoms with Crippen LogP contribution in [0.15, 0.2) is 24.3 Å². The zero-order valence-electron chi connectivity index (χ0n) is 8.60. The quantitative estimate of drug-likeness (QED) is 0.449. The molecule has 0 nitrogen and oxygen atoms in total. The first kappa shape index (κ1) is 11.2. The zero-order chi connectivity index (χ0) is 9.90. The van der Waals surface area contributed by atoms with Crippen molar-refractivity contribution < 1.29 is 0 Å². The van der Waals surface area contributed by atoms with Gasteiger partial charge in [0.25, 0.3) is 0 Å². The topological polar surface area (TPSA) is 0 Å². The summed E-state index contributed by atoms with van der Waals surface area (Å²) in [6, 6.07) is 10.1. The summed E-state index contributed by atoms with van der Waals surface area (Å²) in [4.78, 5) is 0. The second-order valence-electron chi connectivity index (χ2n) is 4.64. The van der Waals surface area contributed by atoms with Crippen LogP contribution in [0.5, 0.6) is 0 Å². The lowest BCUT2D eigenvalue weighted by Gasteiger charge is -2.17. The Morgan fingerprint density at radius 3 is 2.08 bits per heavy atom. The molecule has 2 heteroatoms. The standard InChI is InChI=1S/C11H17ISi/c1-13(2,3)9-11-7-5-4-6-10(11)8-12/h4-7H,8-9H2,1-3H3. The molecule has 1 rings (SSSR count). The fourth-order valence-corrected chi connectivity index (χ4v) is 3.66. The summed E-state index contributed by atoms with van der Waals surface area (Å²) in [5.41, 5.74) is 3.08. The van der Waals surface area contributed by atoms with Crippen molar-refractivity contribution in [2.24, 2.45) is 0 Å². The van der Waals surface area contributed by atoms with Gasteiger partial charge >= 0.3 is 0 Å². The SMILES string of the molecule is C[Si](C)(C)Cc1ccccc1CI. The maximum atomic E-state index is 2.45. The van der Waals surface area contributed by atoms with Gasteiger partial charge in [-0.25, -0.2) is 0 Å². The normalized spacial score (nSPS) is 11.7. The molecule has 0 unspecified atom stereocenters. The average Bonchev–Trinajstić information content (AvgIpc) is 2.02. The van der Waals surface area contributed by atoms with Crippen LogP contribution >= 0.6 is 22.6 Å². The van der Waals surface area contributed by atoms with Gasteiger partial charge in [-0.3, -0.25) is 0 Å². The summed E-state index contributed by atoms with van der Waals surface area (Å²) < 4.78 is 1.14. The van der Waals surface area contributed by atoms with Crippen LogP contribution in [-0.2, 0) is 10.5 Å². The average molecular weight is 304 g/mol. The maximum Gasteiger partial charge on any atom is 0.0487 e. The Morgan fingerprint density at radius 1 is 1.08 bits per heavy atom. The molecule has 72 valence electrons. The van der Waals surface area contributed by atoms with Gasteiger partial charge in [0.2, 0.25) is 0 Å². The minimum atomic E-state index is -0.949. The van der Waals surface area contributed by atoms with E-state index < -0.39 is 8.07 Å². The van der Waals surface area contributed by atoms with E-state index in [0.29, 0.717) is 0 Å². The van der Waals surface area contributed by atoms with Crippen molar-refractivity contribution in [2.45, 2.75) is 30.1 Å². The lowest BCUT2D eigenvalue weighted by atomic mass is 10.1. The third-order valence-corrected chi connectivity index (χ3v) is 4.25. The predicted octanol–water partition coefficient (Wildman–Crippen LogP) is 4.04. The molecular weight excluding hydrogens is 287 g/mol. The van der Waals surface area contributed by atoms with Crippen LogP contribution in [0, 0.1) is 0 Å². The van der Waals surface area contributed by atoms with Crippen molar-refractivity contribution in [2.75, 3.05) is 0 Å². The molecule has 0 aliphatic heterocycles. The Bertz CT molecular complexity index is 276. The Labute approximate surface area is 95.9 Å². The third kappa shape index (κ3) is 3.81. The van der Waals surface area contributed by atoms with Gasteiger partial charge in [0.1, 0.15) is 0 Å². The highest BCUT2D eigenvalue weighted by Crippen LogP contribution is 2.18. The highest BCUT2D eigenvalue weighted by atomic mass is 127. The molecule has 0 aliphatic carbocycles. The molecule has 0 fully saturated rings. The summed E-state index contributed by atoms with van der Waals surface area (Å²) in [6.45, 7) is 7.28. The number of hydrogen-bond acceptors (Lipinski definition) is 0. The Morgan fingerprint density at radius 2 is 1.62 bits per heavy atom. The van der Waals surface area contributed by atoms with Crippen molar-refractivity contribution in [1.82, 2.24) is 0 Å². The summed E-state index contributed by atoms with van der Waals surface area (Å²) in [5.74, 6) is 0. The third-order valence-electron chi connectivity index (χ3n) is 1.98. The van der Waals surface area contributed by atoms with Crippen molar-refractivity contribution in [3.05, 3.63) is 35.4 Å². The van der Waals surface area contributed by atoms with Crippen molar-refractivity contribution >= 4 is 30.7 Å². The van der Waals surface area contributed by atoms with Gasteiger partial charge in [-0.1, -0.05) is 66.5 Å². The lowest BCUT2D eigenvalue weighted by Crippen LogP contribution is -2.24. The molecule has 0 atom stereocenters. The number of alkyl halides is 1. The first-order chi connectivity index (χ1) is 6.03. The second-order valence-corrected chi connectivity index (χ2v) is 10.9. The van der Waals surface area contributed by atoms with Crippen molar-refractivity contribution in [3.63, 3.8) is 0 Å². The first-order valence-corrected chi connectivity index (χ1v) is 9.89. The molecule has 0 amide bonds. The Hall–Kier alpha value is 0.167. The summed E-state index contributed by atoms with van der Waals surface area (Å²) in [5, 5.41) is 0. The molecule has 0 N–H and O–H groups in total. The highest BCUT2D eigenvalue weighted by Gasteiger charge is 2.15. The van der Waals surface area contributed by atoms with Crippen LogP contribution in [0.2, 0.25) is 19.6 Å². The van der Waals surface area contributed by atoms with E-state index in [2.05, 4.69) is 66.5 Å². The molecule has 0 bridgehead atoms. The first-order valence-electron chi connectivity index (χ1n) is 4.66. The van der Waals surface area contributed by atoms with Gasteiger partial charge in [-0.2, -0.15) is 0 Å². The van der Waals surface area contributed by atoms with E-state index in [4.69, 9.17) is 0 Å². The second kappa shape index (κ2) is 4.60. The minimum Gasteiger partial charge on any atom is -0.0812 e. The molecule has 0 saturated heterocycles. The monoisotopic (exact) mass is 304 g/mol. The molecule has 1 aromatic rings. The van der Waals surface area contributed by atoms with E-state index in [-0.39, 0.29) is 0 Å². The van der Waals surface area contributed by atoms with Crippen LogP contribution < -0.4 is 0 Å². The molecule has 0 heterocycles. The van der Waals surface area contributed by atoms with E-state index >= 15 is 0 Å². The number of hydrogen-bond donors (Lipinski definition) is 0. The molecule has 0 saturated carbocycles. The highest BCUT2D eigenvalue weighted by molar-refractivity contribution is 14.1. The van der Waals surface area contributed by atoms with Crippen LogP contribution in [0.25, 0.3) is 0 Å². The van der Waals surface area contributed by atoms with E-state index in [1.54, 1.807) is 5.56 Å². The Kier molecular flexibility index (Phi) is 3.98. The zero-order valence-corrected chi connectivity index (χ0v) is 11.8. The molecule has 0 aromatic heterocycles. The number of benzene rings is 1. The van der Waals surface area contributed by atoms with Crippen LogP contribution in [-0.4, -0.2) is 8.07 Å². The Balaban J connectivity index is 2.87. The van der Waals surface area contributed by atoms with E-state index in [9.17, 15) is 0 Å². The maximum absolute atomic E-state index is 2.45. The molecule has 0 aliphatic rings. The lowest BCUT2D eigenvalue weighted by molar-refractivity contribution is 1.24. The van der Waals surface area contributed by atoms with Gasteiger partial charge < -0.3 is 0 Å². The minimum absolute atomic E-state index is 0.949. The fourth-order valence-electron chi connectivity index (χ4n) is 1.43. The predicted molar refractivity (Wildman–Crippen MR) is 71.2 cm³/mol. The molecule has 0 radical (unpaired) electrons. The van der Waals surface area contributed by atoms with Gasteiger partial charge in [-0.15, -0.1) is 0 Å². The van der Waals surface area contributed by atoms with Gasteiger partial charge in [0.05, 0.1) is 0 Å². The van der Waals surface area contributed by atoms with Crippen LogP contribution in [0.4, 0.5) is 0 Å². The number of rotatable bonds is 3. The molecular formula is C11H17ISi. The summed E-state index contributed by atoms with van der Waals surface area (Å²) in [6.07, 6.45) is 0. The summed E-state index contributed by atoms with van der Waals surface area (Å²) >= 11 is 2.45. The number of halogens is 1. The van der Waals surface area contributed by atoms with Crippen LogP contribution in [0.3, 0.4) is 0 Å². The molecule has 13 heavy (non-hydrogen) atoms. The van der Waals surface area contributed by atoms with E-state index in [1.165, 1.54) is 11.6 Å². The van der Waals surface area contributed by atoms with Gasteiger partial charge in [-0.05, 0) is 17.2 Å². The van der Waals surface area contributed by atoms with Gasteiger partial charge in [0, 0.05) is 12.5 Å². The van der Waals surface area contributed by atoms with Crippen LogP contribution in [0.1, 0.15) is 11.1 Å². The van der Waals surface area contributed by atoms with Crippen molar-refractivity contribution in [3.8, 4) is 0 Å².